The van der Waals surface area contributed by atoms with Gasteiger partial charge in [0.05, 0.1) is 22.7 Å². The van der Waals surface area contributed by atoms with E-state index < -0.39 is 16.4 Å². The summed E-state index contributed by atoms with van der Waals surface area (Å²) in [6.07, 6.45) is -0.0409. The maximum atomic E-state index is 13.1. The lowest BCUT2D eigenvalue weighted by molar-refractivity contribution is -0.384. The largest absolute Gasteiger partial charge is 0.378 e. The number of aryl methyl sites for hydroxylation is 2. The van der Waals surface area contributed by atoms with E-state index in [0.717, 1.165) is 16.0 Å². The van der Waals surface area contributed by atoms with E-state index in [4.69, 9.17) is 4.84 Å². The van der Waals surface area contributed by atoms with Crippen molar-refractivity contribution in [2.75, 3.05) is 4.90 Å². The Morgan fingerprint density at radius 2 is 1.89 bits per heavy atom. The van der Waals surface area contributed by atoms with Crippen molar-refractivity contribution in [3.05, 3.63) is 69.3 Å². The molecule has 142 valence electrons. The number of anilines is 1. The van der Waals surface area contributed by atoms with E-state index in [1.54, 1.807) is 24.3 Å². The molecule has 1 saturated heterocycles. The molecule has 0 saturated carbocycles. The zero-order valence-electron chi connectivity index (χ0n) is 15.3. The van der Waals surface area contributed by atoms with E-state index in [-0.39, 0.29) is 24.4 Å². The van der Waals surface area contributed by atoms with Crippen molar-refractivity contribution in [3.8, 4) is 0 Å². The maximum absolute atomic E-state index is 13.1. The van der Waals surface area contributed by atoms with Gasteiger partial charge in [0, 0.05) is 24.1 Å². The lowest BCUT2D eigenvalue weighted by Gasteiger charge is -2.20. The highest BCUT2D eigenvalue weighted by atomic mass is 16.7. The van der Waals surface area contributed by atoms with Crippen LogP contribution in [0.15, 0.2) is 47.6 Å². The molecule has 8 nitrogen and oxygen atoms in total. The smallest absolute Gasteiger partial charge is 0.281 e. The van der Waals surface area contributed by atoms with E-state index in [9.17, 15) is 19.7 Å². The van der Waals surface area contributed by atoms with E-state index in [1.165, 1.54) is 12.1 Å². The Bertz CT molecular complexity index is 1060. The van der Waals surface area contributed by atoms with Gasteiger partial charge in [0.25, 0.3) is 11.6 Å². The second-order valence-electron chi connectivity index (χ2n) is 7.09. The summed E-state index contributed by atoms with van der Waals surface area (Å²) in [6, 6.07) is 11.3. The monoisotopic (exact) mass is 379 g/mol. The topological polar surface area (TPSA) is 102 Å². The predicted octanol–water partition coefficient (Wildman–Crippen LogP) is 3.04. The molecule has 0 N–H and O–H groups in total. The number of oxime groups is 1. The van der Waals surface area contributed by atoms with Gasteiger partial charge in [-0.05, 0) is 37.1 Å². The first-order valence-corrected chi connectivity index (χ1v) is 8.75. The molecule has 28 heavy (non-hydrogen) atoms. The molecule has 1 atom stereocenters. The molecule has 4 rings (SSSR count). The van der Waals surface area contributed by atoms with Crippen molar-refractivity contribution in [2.24, 2.45) is 5.16 Å². The van der Waals surface area contributed by atoms with Gasteiger partial charge in [-0.25, -0.2) is 4.90 Å². The van der Waals surface area contributed by atoms with Crippen LogP contribution in [0.4, 0.5) is 11.4 Å². The third-order valence-corrected chi connectivity index (χ3v) is 5.20. The van der Waals surface area contributed by atoms with Crippen molar-refractivity contribution in [2.45, 2.75) is 32.3 Å². The molecule has 2 aliphatic rings. The zero-order chi connectivity index (χ0) is 20.1. The highest BCUT2D eigenvalue weighted by Crippen LogP contribution is 2.39. The number of nitrogens with zero attached hydrogens (tertiary/aromatic N) is 3. The lowest BCUT2D eigenvalue weighted by Crippen LogP contribution is -2.40. The Morgan fingerprint density at radius 1 is 1.11 bits per heavy atom. The Balaban J connectivity index is 1.61. The molecular formula is C20H17N3O5. The Labute approximate surface area is 160 Å². The third kappa shape index (κ3) is 2.74. The fourth-order valence-electron chi connectivity index (χ4n) is 3.48. The number of imide groups is 1. The molecular weight excluding hydrogens is 362 g/mol. The van der Waals surface area contributed by atoms with Crippen molar-refractivity contribution >= 4 is 28.9 Å². The molecule has 0 aliphatic carbocycles. The fraction of sp³-hybridized carbons (Fsp3) is 0.250. The lowest BCUT2D eigenvalue weighted by atomic mass is 9.92. The molecule has 0 unspecified atom stereocenters. The van der Waals surface area contributed by atoms with Crippen LogP contribution in [0.1, 0.15) is 29.5 Å². The Kier molecular flexibility index (Phi) is 3.99. The van der Waals surface area contributed by atoms with Crippen LogP contribution in [-0.4, -0.2) is 28.1 Å². The average Bonchev–Trinajstić information content (AvgIpc) is 3.19. The highest BCUT2D eigenvalue weighted by Gasteiger charge is 2.58. The van der Waals surface area contributed by atoms with Crippen molar-refractivity contribution in [3.63, 3.8) is 0 Å². The van der Waals surface area contributed by atoms with Crippen LogP contribution in [0.3, 0.4) is 0 Å². The van der Waals surface area contributed by atoms with Crippen LogP contribution in [0, 0.1) is 24.0 Å². The van der Waals surface area contributed by atoms with Gasteiger partial charge in [0.2, 0.25) is 11.5 Å². The van der Waals surface area contributed by atoms with E-state index in [0.29, 0.717) is 17.0 Å². The number of amides is 2. The summed E-state index contributed by atoms with van der Waals surface area (Å²) in [4.78, 5) is 42.8. The minimum atomic E-state index is -1.39. The summed E-state index contributed by atoms with van der Waals surface area (Å²) in [5.74, 6) is -0.825. The minimum absolute atomic E-state index is 0.0771. The van der Waals surface area contributed by atoms with Gasteiger partial charge < -0.3 is 4.84 Å². The Hall–Kier alpha value is -3.55. The van der Waals surface area contributed by atoms with Crippen LogP contribution in [0.2, 0.25) is 0 Å². The zero-order valence-corrected chi connectivity index (χ0v) is 15.3. The van der Waals surface area contributed by atoms with Gasteiger partial charge in [0.15, 0.2) is 0 Å². The summed E-state index contributed by atoms with van der Waals surface area (Å²) in [5.41, 5.74) is 1.97. The number of nitro benzene ring substituents is 1. The predicted molar refractivity (Wildman–Crippen MR) is 101 cm³/mol. The van der Waals surface area contributed by atoms with Crippen molar-refractivity contribution in [1.29, 1.82) is 0 Å². The first-order valence-electron chi connectivity index (χ1n) is 8.75. The number of benzene rings is 2. The van der Waals surface area contributed by atoms with Crippen molar-refractivity contribution < 1.29 is 19.3 Å². The van der Waals surface area contributed by atoms with Gasteiger partial charge in [0.1, 0.15) is 0 Å². The average molecular weight is 379 g/mol. The van der Waals surface area contributed by atoms with Crippen LogP contribution in [0.5, 0.6) is 0 Å². The Morgan fingerprint density at radius 3 is 2.61 bits per heavy atom. The molecule has 2 aromatic carbocycles. The first-order chi connectivity index (χ1) is 13.3. The van der Waals surface area contributed by atoms with E-state index in [1.807, 2.05) is 19.9 Å². The number of hydrogen-bond donors (Lipinski definition) is 0. The molecule has 0 aromatic heterocycles. The van der Waals surface area contributed by atoms with Gasteiger partial charge in [-0.15, -0.1) is 0 Å². The summed E-state index contributed by atoms with van der Waals surface area (Å²) < 4.78 is 0. The van der Waals surface area contributed by atoms with Crippen LogP contribution in [0.25, 0.3) is 0 Å². The molecule has 0 bridgehead atoms. The summed E-state index contributed by atoms with van der Waals surface area (Å²) in [5, 5.41) is 15.0. The highest BCUT2D eigenvalue weighted by molar-refractivity contribution is 6.25. The van der Waals surface area contributed by atoms with Gasteiger partial charge in [-0.1, -0.05) is 23.4 Å². The molecule has 2 aromatic rings. The molecule has 2 amide bonds. The molecule has 0 radical (unpaired) electrons. The number of non-ortho nitro benzene ring substituents is 1. The second-order valence-corrected chi connectivity index (χ2v) is 7.09. The number of carbonyl (C=O) groups is 2. The second kappa shape index (κ2) is 6.26. The number of nitro groups is 1. The number of hydrogen-bond acceptors (Lipinski definition) is 6. The number of carbonyl (C=O) groups excluding carboxylic acids is 2. The maximum Gasteiger partial charge on any atom is 0.281 e. The van der Waals surface area contributed by atoms with Crippen LogP contribution >= 0.6 is 0 Å². The van der Waals surface area contributed by atoms with Gasteiger partial charge >= 0.3 is 0 Å². The third-order valence-electron chi connectivity index (χ3n) is 5.20. The summed E-state index contributed by atoms with van der Waals surface area (Å²) >= 11 is 0. The van der Waals surface area contributed by atoms with E-state index >= 15 is 0 Å². The first kappa shape index (κ1) is 17.8. The van der Waals surface area contributed by atoms with Crippen molar-refractivity contribution in [1.82, 2.24) is 0 Å². The molecule has 1 fully saturated rings. The molecule has 2 aliphatic heterocycles. The van der Waals surface area contributed by atoms with E-state index in [2.05, 4.69) is 5.16 Å². The van der Waals surface area contributed by atoms with Gasteiger partial charge in [-0.2, -0.15) is 0 Å². The standard InChI is InChI=1S/C20H17N3O5/c1-12-6-7-15(8-13(12)2)22-18(24)11-20(19(22)25)10-17(21-28-20)14-4-3-5-16(9-14)23(26)27/h3-9H,10-11H2,1-2H3/t20-/m1/s1. The molecule has 2 heterocycles. The quantitative estimate of drug-likeness (QED) is 0.463. The van der Waals surface area contributed by atoms with Crippen LogP contribution in [-0.2, 0) is 14.4 Å². The summed E-state index contributed by atoms with van der Waals surface area (Å²) in [6.45, 7) is 3.86. The normalized spacial score (nSPS) is 21.2. The van der Waals surface area contributed by atoms with Gasteiger partial charge in [-0.3, -0.25) is 19.7 Å². The number of rotatable bonds is 3. The SMILES string of the molecule is Cc1ccc(N2C(=O)C[C@]3(CC(c4cccc([N+](=O)[O-])c4)=NO3)C2=O)cc1C. The minimum Gasteiger partial charge on any atom is -0.378 e. The fourth-order valence-corrected chi connectivity index (χ4v) is 3.48. The molecule has 8 heteroatoms. The van der Waals surface area contributed by atoms with Crippen LogP contribution < -0.4 is 4.90 Å². The molecule has 1 spiro atoms. The summed E-state index contributed by atoms with van der Waals surface area (Å²) in [7, 11) is 0.